The molecule has 1 aromatic carbocycles. The highest BCUT2D eigenvalue weighted by Gasteiger charge is 2.15. The van der Waals surface area contributed by atoms with Crippen LogP contribution in [0.3, 0.4) is 0 Å². The largest absolute Gasteiger partial charge is 0.363 e. The van der Waals surface area contributed by atoms with Crippen LogP contribution in [0.2, 0.25) is 0 Å². The van der Waals surface area contributed by atoms with Gasteiger partial charge in [0.05, 0.1) is 0 Å². The van der Waals surface area contributed by atoms with Gasteiger partial charge in [-0.25, -0.2) is 0 Å². The molecule has 4 nitrogen and oxygen atoms in total. The van der Waals surface area contributed by atoms with Crippen molar-refractivity contribution in [2.45, 2.75) is 66.0 Å². The monoisotopic (exact) mass is 394 g/mol. The van der Waals surface area contributed by atoms with E-state index in [2.05, 4.69) is 74.1 Å². The molecule has 26 heavy (non-hydrogen) atoms. The van der Waals surface area contributed by atoms with Gasteiger partial charge in [-0.1, -0.05) is 52.8 Å². The molecule has 0 atom stereocenters. The normalized spacial score (nSPS) is 11.0. The Balaban J connectivity index is 2.80. The van der Waals surface area contributed by atoms with E-state index >= 15 is 0 Å². The number of hydrogen-bond donors (Lipinski definition) is 4. The number of nitrogens with one attached hydrogen (secondary N) is 4. The van der Waals surface area contributed by atoms with E-state index in [-0.39, 0.29) is 5.41 Å². The highest BCUT2D eigenvalue weighted by molar-refractivity contribution is 7.80. The highest BCUT2D eigenvalue weighted by atomic mass is 32.1. The van der Waals surface area contributed by atoms with Crippen LogP contribution in [0.1, 0.15) is 64.2 Å². The van der Waals surface area contributed by atoms with Crippen molar-refractivity contribution in [2.75, 3.05) is 13.1 Å². The lowest BCUT2D eigenvalue weighted by Crippen LogP contribution is -2.35. The first-order valence-corrected chi connectivity index (χ1v) is 10.2. The summed E-state index contributed by atoms with van der Waals surface area (Å²) in [5.74, 6) is 0. The third-order valence-corrected chi connectivity index (χ3v) is 4.47. The summed E-state index contributed by atoms with van der Waals surface area (Å²) in [6, 6.07) is 6.72. The third-order valence-electron chi connectivity index (χ3n) is 3.90. The van der Waals surface area contributed by atoms with E-state index in [0.29, 0.717) is 23.3 Å². The molecule has 6 heteroatoms. The van der Waals surface area contributed by atoms with Gasteiger partial charge in [-0.15, -0.1) is 0 Å². The maximum absolute atomic E-state index is 5.32. The topological polar surface area (TPSA) is 48.1 Å². The van der Waals surface area contributed by atoms with Crippen molar-refractivity contribution in [1.29, 1.82) is 0 Å². The van der Waals surface area contributed by atoms with E-state index in [0.717, 1.165) is 25.9 Å². The van der Waals surface area contributed by atoms with Crippen LogP contribution in [-0.4, -0.2) is 23.3 Å². The summed E-state index contributed by atoms with van der Waals surface area (Å²) in [5.41, 5.74) is 3.85. The van der Waals surface area contributed by atoms with Gasteiger partial charge in [0.25, 0.3) is 0 Å². The van der Waals surface area contributed by atoms with Gasteiger partial charge in [0.2, 0.25) is 0 Å². The average molecular weight is 395 g/mol. The Bertz CT molecular complexity index is 552. The first kappa shape index (κ1) is 22.6. The van der Waals surface area contributed by atoms with Gasteiger partial charge in [0.1, 0.15) is 0 Å². The fraction of sp³-hybridized carbons (Fsp3) is 0.600. The van der Waals surface area contributed by atoms with Crippen molar-refractivity contribution >= 4 is 34.7 Å². The van der Waals surface area contributed by atoms with Crippen LogP contribution in [0.25, 0.3) is 0 Å². The summed E-state index contributed by atoms with van der Waals surface area (Å²) in [4.78, 5) is 0. The molecule has 0 saturated heterocycles. The number of benzene rings is 1. The summed E-state index contributed by atoms with van der Waals surface area (Å²) in [6.07, 6.45) is 2.12. The van der Waals surface area contributed by atoms with Crippen molar-refractivity contribution < 1.29 is 0 Å². The maximum Gasteiger partial charge on any atom is 0.166 e. The van der Waals surface area contributed by atoms with E-state index in [1.165, 1.54) is 16.7 Å². The van der Waals surface area contributed by atoms with Gasteiger partial charge in [-0.05, 0) is 59.4 Å². The lowest BCUT2D eigenvalue weighted by Gasteiger charge is -2.22. The molecule has 0 aliphatic heterocycles. The van der Waals surface area contributed by atoms with Gasteiger partial charge in [0.15, 0.2) is 10.2 Å². The molecule has 0 saturated carbocycles. The zero-order valence-corrected chi connectivity index (χ0v) is 18.4. The van der Waals surface area contributed by atoms with Crippen LogP contribution in [0.4, 0.5) is 0 Å². The molecule has 0 aliphatic rings. The SMILES string of the molecule is CCCNC(=S)NCc1cc(CNC(=S)NCCC)cc(C(C)(C)C)c1. The number of thiocarbonyl (C=S) groups is 2. The zero-order valence-electron chi connectivity index (χ0n) is 16.8. The van der Waals surface area contributed by atoms with Crippen LogP contribution in [0.5, 0.6) is 0 Å². The second-order valence-corrected chi connectivity index (χ2v) is 8.32. The van der Waals surface area contributed by atoms with Crippen molar-refractivity contribution in [2.24, 2.45) is 0 Å². The second kappa shape index (κ2) is 11.3. The predicted molar refractivity (Wildman–Crippen MR) is 121 cm³/mol. The molecule has 0 aromatic heterocycles. The van der Waals surface area contributed by atoms with Gasteiger partial charge >= 0.3 is 0 Å². The molecule has 1 aromatic rings. The van der Waals surface area contributed by atoms with Crippen molar-refractivity contribution in [3.8, 4) is 0 Å². The predicted octanol–water partition coefficient (Wildman–Crippen LogP) is 3.73. The van der Waals surface area contributed by atoms with Gasteiger partial charge in [-0.2, -0.15) is 0 Å². The average Bonchev–Trinajstić information content (AvgIpc) is 2.60. The van der Waals surface area contributed by atoms with E-state index < -0.39 is 0 Å². The molecule has 0 aliphatic carbocycles. The molecular formula is C20H34N4S2. The van der Waals surface area contributed by atoms with E-state index in [4.69, 9.17) is 24.4 Å². The minimum absolute atomic E-state index is 0.0900. The molecule has 0 fully saturated rings. The van der Waals surface area contributed by atoms with Crippen LogP contribution in [0, 0.1) is 0 Å². The van der Waals surface area contributed by atoms with Crippen molar-refractivity contribution in [1.82, 2.24) is 21.3 Å². The molecule has 0 heterocycles. The van der Waals surface area contributed by atoms with E-state index in [9.17, 15) is 0 Å². The van der Waals surface area contributed by atoms with Crippen LogP contribution in [-0.2, 0) is 18.5 Å². The van der Waals surface area contributed by atoms with Crippen molar-refractivity contribution in [3.05, 3.63) is 34.9 Å². The van der Waals surface area contributed by atoms with Crippen LogP contribution in [0.15, 0.2) is 18.2 Å². The molecule has 1 rings (SSSR count). The second-order valence-electron chi connectivity index (χ2n) is 7.51. The molecule has 146 valence electrons. The van der Waals surface area contributed by atoms with E-state index in [1.54, 1.807) is 0 Å². The highest BCUT2D eigenvalue weighted by Crippen LogP contribution is 2.24. The molecule has 4 N–H and O–H groups in total. The van der Waals surface area contributed by atoms with E-state index in [1.807, 2.05) is 0 Å². The van der Waals surface area contributed by atoms with Crippen LogP contribution >= 0.6 is 24.4 Å². The van der Waals surface area contributed by atoms with Gasteiger partial charge in [-0.3, -0.25) is 0 Å². The quantitative estimate of drug-likeness (QED) is 0.504. The minimum atomic E-state index is 0.0900. The molecule has 0 amide bonds. The number of rotatable bonds is 8. The standard InChI is InChI=1S/C20H34N4S2/c1-6-8-21-18(25)23-13-15-10-16(12-17(11-15)20(3,4)5)14-24-19(26)22-9-7-2/h10-12H,6-9,13-14H2,1-5H3,(H2,21,23,25)(H2,22,24,26). The fourth-order valence-corrected chi connectivity index (χ4v) is 2.71. The van der Waals surface area contributed by atoms with Gasteiger partial charge in [0, 0.05) is 26.2 Å². The molecule has 0 radical (unpaired) electrons. The Kier molecular flexibility index (Phi) is 9.88. The van der Waals surface area contributed by atoms with Gasteiger partial charge < -0.3 is 21.3 Å². The van der Waals surface area contributed by atoms with Crippen LogP contribution < -0.4 is 21.3 Å². The first-order chi connectivity index (χ1) is 12.3. The minimum Gasteiger partial charge on any atom is -0.363 e. The molecular weight excluding hydrogens is 360 g/mol. The molecule has 0 bridgehead atoms. The smallest absolute Gasteiger partial charge is 0.166 e. The third kappa shape index (κ3) is 8.81. The Morgan fingerprint density at radius 2 is 1.19 bits per heavy atom. The first-order valence-electron chi connectivity index (χ1n) is 9.43. The summed E-state index contributed by atoms with van der Waals surface area (Å²) in [6.45, 7) is 14.2. The summed E-state index contributed by atoms with van der Waals surface area (Å²) < 4.78 is 0. The lowest BCUT2D eigenvalue weighted by atomic mass is 9.85. The van der Waals surface area contributed by atoms with Crippen molar-refractivity contribution in [3.63, 3.8) is 0 Å². The summed E-state index contributed by atoms with van der Waals surface area (Å²) >= 11 is 10.6. The zero-order chi connectivity index (χ0) is 19.6. The Morgan fingerprint density at radius 1 is 0.769 bits per heavy atom. The Labute approximate surface area is 169 Å². The summed E-state index contributed by atoms with van der Waals surface area (Å²) in [7, 11) is 0. The Morgan fingerprint density at radius 3 is 1.54 bits per heavy atom. The summed E-state index contributed by atoms with van der Waals surface area (Å²) in [5, 5.41) is 14.4. The maximum atomic E-state index is 5.32. The Hall–Kier alpha value is -1.40. The number of hydrogen-bond acceptors (Lipinski definition) is 2. The lowest BCUT2D eigenvalue weighted by molar-refractivity contribution is 0.587. The fourth-order valence-electron chi connectivity index (χ4n) is 2.37. The molecule has 0 unspecified atom stereocenters. The molecule has 0 spiro atoms.